The number of fused-ring (bicyclic) bond motifs is 1. The zero-order valence-corrected chi connectivity index (χ0v) is 18.4. The lowest BCUT2D eigenvalue weighted by Gasteiger charge is -2.48. The fourth-order valence-electron chi connectivity index (χ4n) is 5.80. The van der Waals surface area contributed by atoms with Gasteiger partial charge in [-0.3, -0.25) is 9.59 Å². The van der Waals surface area contributed by atoms with Crippen molar-refractivity contribution >= 4 is 11.9 Å². The normalized spacial score (nSPS) is 40.2. The van der Waals surface area contributed by atoms with E-state index in [2.05, 4.69) is 20.8 Å². The van der Waals surface area contributed by atoms with Crippen molar-refractivity contribution in [2.24, 2.45) is 22.7 Å². The van der Waals surface area contributed by atoms with Crippen LogP contribution in [0, 0.1) is 22.7 Å². The minimum Gasteiger partial charge on any atom is -0.435 e. The van der Waals surface area contributed by atoms with Crippen LogP contribution >= 0.6 is 0 Å². The third-order valence-corrected chi connectivity index (χ3v) is 6.67. The van der Waals surface area contributed by atoms with Crippen LogP contribution in [0.3, 0.4) is 0 Å². The second kappa shape index (κ2) is 7.88. The van der Waals surface area contributed by atoms with E-state index >= 15 is 0 Å². The number of aliphatic hydroxyl groups excluding tert-OH is 1. The summed E-state index contributed by atoms with van der Waals surface area (Å²) in [6.07, 6.45) is 5.59. The first-order chi connectivity index (χ1) is 13.5. The van der Waals surface area contributed by atoms with Crippen LogP contribution in [0.5, 0.6) is 0 Å². The zero-order chi connectivity index (χ0) is 21.6. The fraction of sp³-hybridized carbons (Fsp3) is 0.739. The molecule has 0 radical (unpaired) electrons. The molecule has 1 saturated heterocycles. The van der Waals surface area contributed by atoms with E-state index in [1.807, 2.05) is 19.1 Å². The van der Waals surface area contributed by atoms with Gasteiger partial charge in [-0.1, -0.05) is 39.3 Å². The van der Waals surface area contributed by atoms with Gasteiger partial charge in [0.2, 0.25) is 12.6 Å². The lowest BCUT2D eigenvalue weighted by Crippen LogP contribution is -2.43. The van der Waals surface area contributed by atoms with Gasteiger partial charge in [-0.2, -0.15) is 0 Å². The first-order valence-electron chi connectivity index (χ1n) is 10.5. The summed E-state index contributed by atoms with van der Waals surface area (Å²) in [5.41, 5.74) is 2.25. The highest BCUT2D eigenvalue weighted by Crippen LogP contribution is 2.57. The molecule has 0 bridgehead atoms. The van der Waals surface area contributed by atoms with Crippen LogP contribution in [0.2, 0.25) is 0 Å². The molecule has 2 fully saturated rings. The number of ether oxygens (including phenoxy) is 3. The summed E-state index contributed by atoms with van der Waals surface area (Å²) in [5, 5.41) is 11.1. The molecule has 3 rings (SSSR count). The first kappa shape index (κ1) is 22.0. The Hall–Kier alpha value is -1.66. The highest BCUT2D eigenvalue weighted by atomic mass is 16.8. The molecular formula is C23H34O6. The third-order valence-electron chi connectivity index (χ3n) is 6.67. The Balaban J connectivity index is 2.03. The highest BCUT2D eigenvalue weighted by molar-refractivity contribution is 5.67. The predicted octanol–water partition coefficient (Wildman–Crippen LogP) is 3.88. The molecule has 0 aromatic rings. The molecule has 1 N–H and O–H groups in total. The Morgan fingerprint density at radius 2 is 1.76 bits per heavy atom. The van der Waals surface area contributed by atoms with Crippen LogP contribution in [0.1, 0.15) is 67.2 Å². The van der Waals surface area contributed by atoms with Crippen molar-refractivity contribution in [1.82, 2.24) is 0 Å². The van der Waals surface area contributed by atoms with Gasteiger partial charge < -0.3 is 19.3 Å². The molecule has 29 heavy (non-hydrogen) atoms. The van der Waals surface area contributed by atoms with Gasteiger partial charge in [0.1, 0.15) is 0 Å². The van der Waals surface area contributed by atoms with Crippen LogP contribution in [0.25, 0.3) is 0 Å². The second-order valence-corrected chi connectivity index (χ2v) is 9.77. The van der Waals surface area contributed by atoms with Crippen molar-refractivity contribution in [3.63, 3.8) is 0 Å². The van der Waals surface area contributed by atoms with Crippen molar-refractivity contribution in [3.05, 3.63) is 23.3 Å². The van der Waals surface area contributed by atoms with Gasteiger partial charge in [0, 0.05) is 13.8 Å². The number of carbonyl (C=O) groups excluding carboxylic acids is 2. The third kappa shape index (κ3) is 4.29. The van der Waals surface area contributed by atoms with Crippen LogP contribution in [0.4, 0.5) is 0 Å². The zero-order valence-electron chi connectivity index (χ0n) is 18.4. The maximum Gasteiger partial charge on any atom is 0.304 e. The summed E-state index contributed by atoms with van der Waals surface area (Å²) in [4.78, 5) is 23.3. The predicted molar refractivity (Wildman–Crippen MR) is 107 cm³/mol. The Kier molecular flexibility index (Phi) is 5.98. The SMILES string of the molecule is C/C=C1/C([C@@]2(C)CCCC(C)(C)C2)=C[C@H](O)[C@H]2[C@H](OC(C)=O)O[C@H](OC(C)=O)[C@@H]12. The van der Waals surface area contributed by atoms with E-state index < -0.39 is 36.5 Å². The molecule has 6 nitrogen and oxygen atoms in total. The van der Waals surface area contributed by atoms with Gasteiger partial charge >= 0.3 is 11.9 Å². The molecule has 1 heterocycles. The van der Waals surface area contributed by atoms with Crippen molar-refractivity contribution in [1.29, 1.82) is 0 Å². The topological polar surface area (TPSA) is 82.1 Å². The molecule has 0 amide bonds. The largest absolute Gasteiger partial charge is 0.435 e. The van der Waals surface area contributed by atoms with E-state index in [1.165, 1.54) is 20.3 Å². The smallest absolute Gasteiger partial charge is 0.304 e. The molecular weight excluding hydrogens is 372 g/mol. The summed E-state index contributed by atoms with van der Waals surface area (Å²) in [5.74, 6) is -1.87. The van der Waals surface area contributed by atoms with Gasteiger partial charge in [-0.25, -0.2) is 0 Å². The number of allylic oxidation sites excluding steroid dienone is 2. The number of hydrogen-bond donors (Lipinski definition) is 1. The minimum atomic E-state index is -0.958. The van der Waals surface area contributed by atoms with E-state index in [0.717, 1.165) is 30.4 Å². The summed E-state index contributed by atoms with van der Waals surface area (Å²) in [6, 6.07) is 0. The van der Waals surface area contributed by atoms with E-state index in [-0.39, 0.29) is 16.7 Å². The molecule has 162 valence electrons. The van der Waals surface area contributed by atoms with Crippen LogP contribution in [0.15, 0.2) is 23.3 Å². The summed E-state index contributed by atoms with van der Waals surface area (Å²) < 4.78 is 16.6. The molecule has 1 saturated carbocycles. The lowest BCUT2D eigenvalue weighted by atomic mass is 9.57. The fourth-order valence-corrected chi connectivity index (χ4v) is 5.80. The van der Waals surface area contributed by atoms with Gasteiger partial charge in [-0.15, -0.1) is 0 Å². The molecule has 0 unspecified atom stereocenters. The van der Waals surface area contributed by atoms with Crippen LogP contribution in [-0.4, -0.2) is 35.7 Å². The average molecular weight is 407 g/mol. The number of aliphatic hydroxyl groups is 1. The van der Waals surface area contributed by atoms with Gasteiger partial charge in [0.15, 0.2) is 0 Å². The molecule has 6 heteroatoms. The lowest BCUT2D eigenvalue weighted by molar-refractivity contribution is -0.215. The average Bonchev–Trinajstić information content (AvgIpc) is 2.91. The quantitative estimate of drug-likeness (QED) is 0.716. The summed E-state index contributed by atoms with van der Waals surface area (Å²) >= 11 is 0. The maximum absolute atomic E-state index is 11.7. The standard InChI is InChI=1S/C23H34O6/c1-7-15-16(23(6)10-8-9-22(4,5)12-23)11-17(26)19-18(15)20(27-13(2)24)29-21(19)28-14(3)25/h7,11,17-21,26H,8-10,12H2,1-6H3/b15-7-/t17-,18-,19+,20-,21+,23-/m0/s1. The molecule has 3 aliphatic rings. The molecule has 6 atom stereocenters. The van der Waals surface area contributed by atoms with E-state index in [1.54, 1.807) is 0 Å². The Labute approximate surface area is 173 Å². The van der Waals surface area contributed by atoms with Crippen molar-refractivity contribution in [2.45, 2.75) is 85.9 Å². The van der Waals surface area contributed by atoms with Crippen LogP contribution in [-0.2, 0) is 23.8 Å². The summed E-state index contributed by atoms with van der Waals surface area (Å²) in [7, 11) is 0. The Morgan fingerprint density at radius 3 is 2.31 bits per heavy atom. The molecule has 0 aromatic carbocycles. The van der Waals surface area contributed by atoms with Crippen LogP contribution < -0.4 is 0 Å². The molecule has 0 aromatic heterocycles. The van der Waals surface area contributed by atoms with E-state index in [9.17, 15) is 14.7 Å². The van der Waals surface area contributed by atoms with E-state index in [0.29, 0.717) is 0 Å². The van der Waals surface area contributed by atoms with Crippen molar-refractivity contribution < 1.29 is 28.9 Å². The minimum absolute atomic E-state index is 0.0875. The molecule has 1 aliphatic heterocycles. The van der Waals surface area contributed by atoms with Gasteiger partial charge in [0.05, 0.1) is 17.9 Å². The van der Waals surface area contributed by atoms with E-state index in [4.69, 9.17) is 14.2 Å². The van der Waals surface area contributed by atoms with Gasteiger partial charge in [0.25, 0.3) is 0 Å². The Morgan fingerprint density at radius 1 is 1.14 bits per heavy atom. The van der Waals surface area contributed by atoms with Gasteiger partial charge in [-0.05, 0) is 48.2 Å². The number of hydrogen-bond acceptors (Lipinski definition) is 6. The Bertz CT molecular complexity index is 736. The molecule has 2 aliphatic carbocycles. The summed E-state index contributed by atoms with van der Waals surface area (Å²) in [6.45, 7) is 11.4. The first-order valence-corrected chi connectivity index (χ1v) is 10.5. The number of esters is 2. The van der Waals surface area contributed by atoms with Crippen molar-refractivity contribution in [3.8, 4) is 0 Å². The highest BCUT2D eigenvalue weighted by Gasteiger charge is 2.56. The molecule has 0 spiro atoms. The number of rotatable bonds is 3. The van der Waals surface area contributed by atoms with Crippen molar-refractivity contribution in [2.75, 3.05) is 0 Å². The number of carbonyl (C=O) groups is 2. The monoisotopic (exact) mass is 406 g/mol. The maximum atomic E-state index is 11.7. The second-order valence-electron chi connectivity index (χ2n) is 9.77.